The number of alkyl halides is 1. The van der Waals surface area contributed by atoms with E-state index >= 15 is 0 Å². The smallest absolute Gasteiger partial charge is 0.351 e. The van der Waals surface area contributed by atoms with Crippen LogP contribution in [0.15, 0.2) is 22.1 Å². The number of aromatic nitrogens is 2. The maximum atomic E-state index is 13.5. The van der Waals surface area contributed by atoms with E-state index in [9.17, 15) is 9.18 Å². The van der Waals surface area contributed by atoms with Gasteiger partial charge >= 0.3 is 5.69 Å². The first-order chi connectivity index (χ1) is 9.51. The van der Waals surface area contributed by atoms with Crippen molar-refractivity contribution < 1.29 is 14.2 Å². The molecule has 0 amide bonds. The minimum absolute atomic E-state index is 0.0210. The monoisotopic (exact) mass is 284 g/mol. The van der Waals surface area contributed by atoms with Crippen molar-refractivity contribution in [1.82, 2.24) is 14.5 Å². The molecule has 0 spiro atoms. The van der Waals surface area contributed by atoms with Crippen LogP contribution in [-0.2, 0) is 4.74 Å². The van der Waals surface area contributed by atoms with Gasteiger partial charge in [0.15, 0.2) is 5.82 Å². The zero-order valence-corrected chi connectivity index (χ0v) is 11.3. The van der Waals surface area contributed by atoms with Gasteiger partial charge in [-0.3, -0.25) is 4.57 Å². The quantitative estimate of drug-likeness (QED) is 0.626. The van der Waals surface area contributed by atoms with Gasteiger partial charge < -0.3 is 14.7 Å². The SMILES string of the molecule is CN(C)/C=N/c1ccn(C2CC(F)C(CO)O2)c(=O)n1. The molecule has 20 heavy (non-hydrogen) atoms. The van der Waals surface area contributed by atoms with E-state index in [1.807, 2.05) is 0 Å². The van der Waals surface area contributed by atoms with Crippen molar-refractivity contribution in [3.8, 4) is 0 Å². The van der Waals surface area contributed by atoms with Crippen molar-refractivity contribution >= 4 is 12.2 Å². The zero-order valence-electron chi connectivity index (χ0n) is 11.3. The van der Waals surface area contributed by atoms with Crippen molar-refractivity contribution in [1.29, 1.82) is 0 Å². The summed E-state index contributed by atoms with van der Waals surface area (Å²) in [5.41, 5.74) is -0.561. The van der Waals surface area contributed by atoms with Gasteiger partial charge in [-0.2, -0.15) is 4.98 Å². The van der Waals surface area contributed by atoms with Gasteiger partial charge in [0, 0.05) is 26.7 Å². The van der Waals surface area contributed by atoms with Gasteiger partial charge in [0.05, 0.1) is 12.9 Å². The predicted octanol–water partition coefficient (Wildman–Crippen LogP) is 0.0826. The van der Waals surface area contributed by atoms with Gasteiger partial charge in [0.25, 0.3) is 0 Å². The second kappa shape index (κ2) is 6.10. The normalized spacial score (nSPS) is 26.3. The molecule has 0 radical (unpaired) electrons. The topological polar surface area (TPSA) is 80.0 Å². The molecular formula is C12H17FN4O3. The minimum Gasteiger partial charge on any atom is -0.394 e. The number of ether oxygens (including phenoxy) is 1. The third-order valence-electron chi connectivity index (χ3n) is 2.89. The number of hydrogen-bond donors (Lipinski definition) is 1. The van der Waals surface area contributed by atoms with Crippen LogP contribution >= 0.6 is 0 Å². The van der Waals surface area contributed by atoms with Gasteiger partial charge in [-0.25, -0.2) is 14.2 Å². The Bertz CT molecular complexity index is 546. The summed E-state index contributed by atoms with van der Waals surface area (Å²) in [6, 6.07) is 1.55. The van der Waals surface area contributed by atoms with Gasteiger partial charge in [-0.15, -0.1) is 0 Å². The Kier molecular flexibility index (Phi) is 4.46. The Balaban J connectivity index is 2.17. The summed E-state index contributed by atoms with van der Waals surface area (Å²) in [5, 5.41) is 8.94. The van der Waals surface area contributed by atoms with Crippen LogP contribution in [0.5, 0.6) is 0 Å². The van der Waals surface area contributed by atoms with Crippen LogP contribution in [0, 0.1) is 0 Å². The number of nitrogens with zero attached hydrogens (tertiary/aromatic N) is 4. The van der Waals surface area contributed by atoms with E-state index in [2.05, 4.69) is 9.98 Å². The molecule has 0 aromatic carbocycles. The van der Waals surface area contributed by atoms with Crippen molar-refractivity contribution in [3.05, 3.63) is 22.7 Å². The maximum absolute atomic E-state index is 13.5. The van der Waals surface area contributed by atoms with E-state index in [-0.39, 0.29) is 12.2 Å². The molecule has 3 atom stereocenters. The number of aliphatic hydroxyl groups excluding tert-OH is 1. The second-order valence-corrected chi connectivity index (χ2v) is 4.75. The van der Waals surface area contributed by atoms with Gasteiger partial charge in [0.2, 0.25) is 0 Å². The lowest BCUT2D eigenvalue weighted by Gasteiger charge is -2.13. The molecule has 1 aliphatic rings. The summed E-state index contributed by atoms with van der Waals surface area (Å²) in [6.07, 6.45) is 0.0928. The molecule has 8 heteroatoms. The van der Waals surface area contributed by atoms with E-state index in [1.54, 1.807) is 25.1 Å². The number of aliphatic imine (C=N–C) groups is 1. The van der Waals surface area contributed by atoms with Crippen molar-refractivity contribution in [3.63, 3.8) is 0 Å². The Morgan fingerprint density at radius 3 is 3.00 bits per heavy atom. The van der Waals surface area contributed by atoms with Crippen LogP contribution in [0.2, 0.25) is 0 Å². The lowest BCUT2D eigenvalue weighted by Crippen LogP contribution is -2.27. The van der Waals surface area contributed by atoms with Crippen LogP contribution in [0.4, 0.5) is 10.2 Å². The summed E-state index contributed by atoms with van der Waals surface area (Å²) < 4.78 is 20.0. The largest absolute Gasteiger partial charge is 0.394 e. The van der Waals surface area contributed by atoms with E-state index in [1.165, 1.54) is 17.1 Å². The molecule has 1 N–H and O–H groups in total. The van der Waals surface area contributed by atoms with Crippen LogP contribution in [-0.4, -0.2) is 58.9 Å². The standard InChI is InChI=1S/C12H17FN4O3/c1-16(2)7-14-10-3-4-17(12(19)15-10)11-5-8(13)9(6-18)20-11/h3-4,7-9,11,18H,5-6H2,1-2H3/b14-7+. The van der Waals surface area contributed by atoms with Crippen molar-refractivity contribution in [2.24, 2.45) is 4.99 Å². The average Bonchev–Trinajstić information content (AvgIpc) is 2.77. The summed E-state index contributed by atoms with van der Waals surface area (Å²) in [5.74, 6) is 0.272. The summed E-state index contributed by atoms with van der Waals surface area (Å²) in [4.78, 5) is 21.4. The Morgan fingerprint density at radius 2 is 2.45 bits per heavy atom. The fourth-order valence-corrected chi connectivity index (χ4v) is 1.89. The molecule has 1 aromatic rings. The first-order valence-electron chi connectivity index (χ1n) is 6.21. The first kappa shape index (κ1) is 14.6. The van der Waals surface area contributed by atoms with Crippen LogP contribution in [0.3, 0.4) is 0 Å². The lowest BCUT2D eigenvalue weighted by molar-refractivity contribution is -0.0355. The summed E-state index contributed by atoms with van der Waals surface area (Å²) >= 11 is 0. The predicted molar refractivity (Wildman–Crippen MR) is 70.8 cm³/mol. The third-order valence-corrected chi connectivity index (χ3v) is 2.89. The van der Waals surface area contributed by atoms with Gasteiger partial charge in [-0.1, -0.05) is 0 Å². The molecule has 1 aliphatic heterocycles. The Morgan fingerprint density at radius 1 is 1.70 bits per heavy atom. The fourth-order valence-electron chi connectivity index (χ4n) is 1.89. The van der Waals surface area contributed by atoms with Gasteiger partial charge in [0.1, 0.15) is 18.5 Å². The highest BCUT2D eigenvalue weighted by Gasteiger charge is 2.36. The zero-order chi connectivity index (χ0) is 14.7. The van der Waals surface area contributed by atoms with Crippen LogP contribution < -0.4 is 5.69 Å². The molecule has 0 bridgehead atoms. The molecule has 1 saturated heterocycles. The van der Waals surface area contributed by atoms with Crippen molar-refractivity contribution in [2.45, 2.75) is 24.9 Å². The number of rotatable bonds is 4. The number of hydrogen-bond acceptors (Lipinski definition) is 5. The second-order valence-electron chi connectivity index (χ2n) is 4.75. The van der Waals surface area contributed by atoms with Crippen molar-refractivity contribution in [2.75, 3.05) is 20.7 Å². The number of halogens is 1. The van der Waals surface area contributed by atoms with E-state index in [0.29, 0.717) is 0 Å². The maximum Gasteiger partial charge on any atom is 0.351 e. The molecule has 0 saturated carbocycles. The third kappa shape index (κ3) is 3.20. The summed E-state index contributed by atoms with van der Waals surface area (Å²) in [7, 11) is 3.60. The molecular weight excluding hydrogens is 267 g/mol. The first-order valence-corrected chi connectivity index (χ1v) is 6.21. The van der Waals surface area contributed by atoms with E-state index in [4.69, 9.17) is 9.84 Å². The Hall–Kier alpha value is -1.80. The average molecular weight is 284 g/mol. The molecule has 7 nitrogen and oxygen atoms in total. The molecule has 110 valence electrons. The van der Waals surface area contributed by atoms with E-state index < -0.39 is 30.8 Å². The van der Waals surface area contributed by atoms with Crippen LogP contribution in [0.25, 0.3) is 0 Å². The minimum atomic E-state index is -1.29. The number of aliphatic hydroxyl groups is 1. The molecule has 0 aliphatic carbocycles. The summed E-state index contributed by atoms with van der Waals surface area (Å²) in [6.45, 7) is -0.412. The van der Waals surface area contributed by atoms with E-state index in [0.717, 1.165) is 0 Å². The molecule has 1 aromatic heterocycles. The molecule has 3 unspecified atom stereocenters. The Labute approximate surface area is 115 Å². The highest BCUT2D eigenvalue weighted by molar-refractivity contribution is 5.58. The molecule has 2 rings (SSSR count). The van der Waals surface area contributed by atoms with Gasteiger partial charge in [-0.05, 0) is 6.07 Å². The highest BCUT2D eigenvalue weighted by atomic mass is 19.1. The fraction of sp³-hybridized carbons (Fsp3) is 0.583. The molecule has 1 fully saturated rings. The van der Waals surface area contributed by atoms with Crippen LogP contribution in [0.1, 0.15) is 12.6 Å². The highest BCUT2D eigenvalue weighted by Crippen LogP contribution is 2.29. The molecule has 2 heterocycles. The lowest BCUT2D eigenvalue weighted by atomic mass is 10.2.